The third-order valence-electron chi connectivity index (χ3n) is 3.39. The second kappa shape index (κ2) is 4.76. The molecule has 0 aliphatic rings. The summed E-state index contributed by atoms with van der Waals surface area (Å²) in [4.78, 5) is 3.38. The summed E-state index contributed by atoms with van der Waals surface area (Å²) in [5.41, 5.74) is 2.13. The minimum absolute atomic E-state index is 0.193. The van der Waals surface area contributed by atoms with Crippen LogP contribution in [0, 0.1) is 18.3 Å². The van der Waals surface area contributed by atoms with Crippen molar-refractivity contribution in [2.24, 2.45) is 0 Å². The molecule has 1 aromatic heterocycles. The van der Waals surface area contributed by atoms with Crippen LogP contribution in [0.4, 0.5) is 0 Å². The van der Waals surface area contributed by atoms with Crippen LogP contribution in [0.2, 0.25) is 0 Å². The Balaban J connectivity index is 2.24. The Bertz CT molecular complexity index is 962. The number of benzene rings is 2. The molecule has 0 amide bonds. The Hall–Kier alpha value is -2.58. The Labute approximate surface area is 122 Å². The maximum atomic E-state index is 12.7. The molecule has 0 aliphatic carbocycles. The first kappa shape index (κ1) is 13.4. The molecule has 0 saturated heterocycles. The van der Waals surface area contributed by atoms with E-state index in [0.29, 0.717) is 16.5 Å². The number of aromatic amines is 1. The smallest absolute Gasteiger partial charge is 0.208 e. The standard InChI is InChI=1S/C16H12N2O2S/c1-11-2-5-13(6-3-11)21(19,20)16-10-18-15-7-4-12(9-17)8-14(15)16/h2-8,10,18H,1H3. The van der Waals surface area contributed by atoms with E-state index in [9.17, 15) is 8.42 Å². The number of H-pyrrole nitrogens is 1. The summed E-state index contributed by atoms with van der Waals surface area (Å²) in [6.07, 6.45) is 1.47. The number of nitrogens with zero attached hydrogens (tertiary/aromatic N) is 1. The largest absolute Gasteiger partial charge is 0.360 e. The fraction of sp³-hybridized carbons (Fsp3) is 0.0625. The predicted octanol–water partition coefficient (Wildman–Crippen LogP) is 3.18. The van der Waals surface area contributed by atoms with Gasteiger partial charge in [0.25, 0.3) is 0 Å². The molecule has 21 heavy (non-hydrogen) atoms. The highest BCUT2D eigenvalue weighted by Crippen LogP contribution is 2.29. The number of fused-ring (bicyclic) bond motifs is 1. The van der Waals surface area contributed by atoms with Crippen molar-refractivity contribution in [3.05, 3.63) is 59.8 Å². The predicted molar refractivity (Wildman–Crippen MR) is 79.6 cm³/mol. The molecule has 5 heteroatoms. The maximum absolute atomic E-state index is 12.7. The molecule has 3 aromatic rings. The number of nitriles is 1. The Kier molecular flexibility index (Phi) is 3.04. The monoisotopic (exact) mass is 296 g/mol. The fourth-order valence-corrected chi connectivity index (χ4v) is 3.65. The quantitative estimate of drug-likeness (QED) is 0.789. The van der Waals surface area contributed by atoms with E-state index in [2.05, 4.69) is 4.98 Å². The molecular formula is C16H12N2O2S. The molecule has 0 bridgehead atoms. The van der Waals surface area contributed by atoms with E-state index in [1.54, 1.807) is 42.5 Å². The van der Waals surface area contributed by atoms with Gasteiger partial charge in [0.2, 0.25) is 9.84 Å². The van der Waals surface area contributed by atoms with Gasteiger partial charge >= 0.3 is 0 Å². The first-order valence-electron chi connectivity index (χ1n) is 6.35. The molecule has 0 radical (unpaired) electrons. The number of hydrogen-bond acceptors (Lipinski definition) is 3. The van der Waals surface area contributed by atoms with Gasteiger partial charge in [-0.2, -0.15) is 5.26 Å². The maximum Gasteiger partial charge on any atom is 0.208 e. The summed E-state index contributed by atoms with van der Waals surface area (Å²) in [5.74, 6) is 0. The number of nitrogens with one attached hydrogen (secondary N) is 1. The lowest BCUT2D eigenvalue weighted by atomic mass is 10.2. The summed E-state index contributed by atoms with van der Waals surface area (Å²) in [6.45, 7) is 1.90. The van der Waals surface area contributed by atoms with Gasteiger partial charge < -0.3 is 4.98 Å². The molecule has 0 fully saturated rings. The summed E-state index contributed by atoms with van der Waals surface area (Å²) in [7, 11) is -3.60. The van der Waals surface area contributed by atoms with Gasteiger partial charge in [0, 0.05) is 17.1 Å². The molecule has 0 atom stereocenters. The summed E-state index contributed by atoms with van der Waals surface area (Å²) < 4.78 is 25.4. The highest BCUT2D eigenvalue weighted by molar-refractivity contribution is 7.91. The summed E-state index contributed by atoms with van der Waals surface area (Å²) in [5, 5.41) is 9.50. The Morgan fingerprint density at radius 3 is 2.48 bits per heavy atom. The van der Waals surface area contributed by atoms with Crippen LogP contribution in [0.1, 0.15) is 11.1 Å². The number of aryl methyl sites for hydroxylation is 1. The molecule has 4 nitrogen and oxygen atoms in total. The number of rotatable bonds is 2. The molecule has 0 spiro atoms. The molecular weight excluding hydrogens is 284 g/mol. The van der Waals surface area contributed by atoms with E-state index in [1.807, 2.05) is 13.0 Å². The van der Waals surface area contributed by atoms with Crippen LogP contribution in [-0.4, -0.2) is 13.4 Å². The van der Waals surface area contributed by atoms with Crippen molar-refractivity contribution in [1.82, 2.24) is 4.98 Å². The SMILES string of the molecule is Cc1ccc(S(=O)(=O)c2c[nH]c3ccc(C#N)cc23)cc1. The van der Waals surface area contributed by atoms with Gasteiger partial charge in [-0.25, -0.2) is 8.42 Å². The van der Waals surface area contributed by atoms with Gasteiger partial charge in [-0.1, -0.05) is 17.7 Å². The third-order valence-corrected chi connectivity index (χ3v) is 5.20. The lowest BCUT2D eigenvalue weighted by Crippen LogP contribution is -2.01. The number of aromatic nitrogens is 1. The van der Waals surface area contributed by atoms with E-state index in [-0.39, 0.29) is 9.79 Å². The molecule has 1 heterocycles. The number of hydrogen-bond donors (Lipinski definition) is 1. The Morgan fingerprint density at radius 2 is 1.81 bits per heavy atom. The van der Waals surface area contributed by atoms with Crippen LogP contribution >= 0.6 is 0 Å². The topological polar surface area (TPSA) is 73.7 Å². The van der Waals surface area contributed by atoms with Gasteiger partial charge in [0.15, 0.2) is 0 Å². The molecule has 2 aromatic carbocycles. The van der Waals surface area contributed by atoms with Crippen molar-refractivity contribution < 1.29 is 8.42 Å². The summed E-state index contributed by atoms with van der Waals surface area (Å²) >= 11 is 0. The molecule has 3 rings (SSSR count). The van der Waals surface area contributed by atoms with Crippen LogP contribution in [0.5, 0.6) is 0 Å². The second-order valence-electron chi connectivity index (χ2n) is 4.84. The van der Waals surface area contributed by atoms with Crippen LogP contribution in [0.15, 0.2) is 58.5 Å². The van der Waals surface area contributed by atoms with Gasteiger partial charge in [-0.05, 0) is 37.3 Å². The van der Waals surface area contributed by atoms with Gasteiger partial charge in [0.1, 0.15) is 0 Å². The fourth-order valence-electron chi connectivity index (χ4n) is 2.23. The zero-order valence-corrected chi connectivity index (χ0v) is 12.1. The van der Waals surface area contributed by atoms with Gasteiger partial charge in [-0.3, -0.25) is 0 Å². The molecule has 0 saturated carbocycles. The van der Waals surface area contributed by atoms with E-state index >= 15 is 0 Å². The van der Waals surface area contributed by atoms with Crippen LogP contribution in [-0.2, 0) is 9.84 Å². The average molecular weight is 296 g/mol. The third kappa shape index (κ3) is 2.20. The molecule has 104 valence electrons. The second-order valence-corrected chi connectivity index (χ2v) is 6.76. The highest BCUT2D eigenvalue weighted by atomic mass is 32.2. The molecule has 1 N–H and O–H groups in total. The minimum Gasteiger partial charge on any atom is -0.360 e. The van der Waals surface area contributed by atoms with Crippen molar-refractivity contribution in [3.8, 4) is 6.07 Å². The number of sulfone groups is 1. The van der Waals surface area contributed by atoms with E-state index in [1.165, 1.54) is 6.20 Å². The van der Waals surface area contributed by atoms with E-state index in [4.69, 9.17) is 5.26 Å². The van der Waals surface area contributed by atoms with Crippen LogP contribution < -0.4 is 0 Å². The van der Waals surface area contributed by atoms with E-state index in [0.717, 1.165) is 5.56 Å². The molecule has 0 aliphatic heterocycles. The van der Waals surface area contributed by atoms with E-state index < -0.39 is 9.84 Å². The lowest BCUT2D eigenvalue weighted by Gasteiger charge is -2.04. The van der Waals surface area contributed by atoms with Crippen molar-refractivity contribution in [3.63, 3.8) is 0 Å². The zero-order chi connectivity index (χ0) is 15.0. The minimum atomic E-state index is -3.60. The van der Waals surface area contributed by atoms with Crippen molar-refractivity contribution in [2.45, 2.75) is 16.7 Å². The first-order valence-corrected chi connectivity index (χ1v) is 7.84. The first-order chi connectivity index (χ1) is 10.0. The molecule has 0 unspecified atom stereocenters. The lowest BCUT2D eigenvalue weighted by molar-refractivity contribution is 0.597. The average Bonchev–Trinajstić information content (AvgIpc) is 2.91. The van der Waals surface area contributed by atoms with Gasteiger partial charge in [-0.15, -0.1) is 0 Å². The van der Waals surface area contributed by atoms with Crippen LogP contribution in [0.3, 0.4) is 0 Å². The van der Waals surface area contributed by atoms with Crippen molar-refractivity contribution in [2.75, 3.05) is 0 Å². The normalized spacial score (nSPS) is 11.4. The summed E-state index contributed by atoms with van der Waals surface area (Å²) in [6, 6.07) is 13.7. The highest BCUT2D eigenvalue weighted by Gasteiger charge is 2.21. The Morgan fingerprint density at radius 1 is 1.10 bits per heavy atom. The van der Waals surface area contributed by atoms with Gasteiger partial charge in [0.05, 0.1) is 21.4 Å². The van der Waals surface area contributed by atoms with Crippen molar-refractivity contribution >= 4 is 20.7 Å². The van der Waals surface area contributed by atoms with Crippen LogP contribution in [0.25, 0.3) is 10.9 Å². The zero-order valence-electron chi connectivity index (χ0n) is 11.3. The van der Waals surface area contributed by atoms with Crippen molar-refractivity contribution in [1.29, 1.82) is 5.26 Å².